The molecule has 0 N–H and O–H groups in total. The molecule has 110 valence electrons. The van der Waals surface area contributed by atoms with Gasteiger partial charge in [0.1, 0.15) is 5.75 Å². The highest BCUT2D eigenvalue weighted by molar-refractivity contribution is 5.42. The SMILES string of the molecule is COc1cccc2c1CC(N1C[C@H](C)O[C@@H](C)C1)CC2. The highest BCUT2D eigenvalue weighted by Gasteiger charge is 2.31. The lowest BCUT2D eigenvalue weighted by Gasteiger charge is -2.42. The minimum absolute atomic E-state index is 0.345. The third-order valence-corrected chi connectivity index (χ3v) is 4.60. The minimum Gasteiger partial charge on any atom is -0.496 e. The van der Waals surface area contributed by atoms with Crippen LogP contribution in [0.15, 0.2) is 18.2 Å². The van der Waals surface area contributed by atoms with Gasteiger partial charge in [0.2, 0.25) is 0 Å². The largest absolute Gasteiger partial charge is 0.496 e. The van der Waals surface area contributed by atoms with Gasteiger partial charge in [-0.15, -0.1) is 0 Å². The molecule has 3 nitrogen and oxygen atoms in total. The highest BCUT2D eigenvalue weighted by Crippen LogP contribution is 2.32. The van der Waals surface area contributed by atoms with Crippen molar-refractivity contribution in [3.05, 3.63) is 29.3 Å². The van der Waals surface area contributed by atoms with Crippen molar-refractivity contribution in [3.63, 3.8) is 0 Å². The van der Waals surface area contributed by atoms with E-state index in [1.807, 2.05) is 0 Å². The number of methoxy groups -OCH3 is 1. The summed E-state index contributed by atoms with van der Waals surface area (Å²) < 4.78 is 11.4. The summed E-state index contributed by atoms with van der Waals surface area (Å²) in [6.45, 7) is 6.47. The van der Waals surface area contributed by atoms with Crippen LogP contribution in [0.3, 0.4) is 0 Å². The highest BCUT2D eigenvalue weighted by atomic mass is 16.5. The maximum Gasteiger partial charge on any atom is 0.122 e. The summed E-state index contributed by atoms with van der Waals surface area (Å²) in [6.07, 6.45) is 4.21. The third kappa shape index (κ3) is 2.70. The van der Waals surface area contributed by atoms with E-state index in [9.17, 15) is 0 Å². The summed E-state index contributed by atoms with van der Waals surface area (Å²) in [4.78, 5) is 2.62. The summed E-state index contributed by atoms with van der Waals surface area (Å²) in [5.41, 5.74) is 2.88. The maximum absolute atomic E-state index is 5.86. The summed E-state index contributed by atoms with van der Waals surface area (Å²) in [6, 6.07) is 7.08. The molecule has 2 aliphatic rings. The fraction of sp³-hybridized carbons (Fsp3) is 0.647. The average Bonchev–Trinajstić information content (AvgIpc) is 2.45. The Balaban J connectivity index is 1.78. The zero-order valence-electron chi connectivity index (χ0n) is 12.8. The van der Waals surface area contributed by atoms with Crippen molar-refractivity contribution in [2.75, 3.05) is 20.2 Å². The molecule has 1 unspecified atom stereocenters. The number of nitrogens with zero attached hydrogens (tertiary/aromatic N) is 1. The summed E-state index contributed by atoms with van der Waals surface area (Å²) in [5, 5.41) is 0. The molecule has 1 aromatic rings. The lowest BCUT2D eigenvalue weighted by molar-refractivity contribution is -0.0816. The van der Waals surface area contributed by atoms with Crippen LogP contribution < -0.4 is 4.74 Å². The van der Waals surface area contributed by atoms with Crippen LogP contribution in [-0.2, 0) is 17.6 Å². The van der Waals surface area contributed by atoms with Crippen LogP contribution in [0.25, 0.3) is 0 Å². The van der Waals surface area contributed by atoms with Crippen LogP contribution in [0.4, 0.5) is 0 Å². The molecule has 3 rings (SSSR count). The van der Waals surface area contributed by atoms with Gasteiger partial charge in [-0.25, -0.2) is 0 Å². The van der Waals surface area contributed by atoms with Crippen molar-refractivity contribution >= 4 is 0 Å². The molecule has 20 heavy (non-hydrogen) atoms. The van der Waals surface area contributed by atoms with Crippen LogP contribution in [0.1, 0.15) is 31.4 Å². The molecule has 0 radical (unpaired) electrons. The first-order valence-corrected chi connectivity index (χ1v) is 7.71. The number of morpholine rings is 1. The zero-order valence-corrected chi connectivity index (χ0v) is 12.8. The second-order valence-electron chi connectivity index (χ2n) is 6.21. The molecule has 1 saturated heterocycles. The molecule has 0 saturated carbocycles. The molecule has 1 aliphatic carbocycles. The van der Waals surface area contributed by atoms with Gasteiger partial charge < -0.3 is 9.47 Å². The Bertz CT molecular complexity index is 450. The predicted octanol–water partition coefficient (Wildman–Crippen LogP) is 2.66. The van der Waals surface area contributed by atoms with Crippen molar-refractivity contribution < 1.29 is 9.47 Å². The molecule has 1 aliphatic heterocycles. The van der Waals surface area contributed by atoms with E-state index < -0.39 is 0 Å². The van der Waals surface area contributed by atoms with E-state index in [1.54, 1.807) is 7.11 Å². The number of rotatable bonds is 2. The second-order valence-corrected chi connectivity index (χ2v) is 6.21. The Morgan fingerprint density at radius 2 is 1.95 bits per heavy atom. The number of aryl methyl sites for hydroxylation is 1. The average molecular weight is 275 g/mol. The van der Waals surface area contributed by atoms with E-state index in [0.717, 1.165) is 31.7 Å². The molecule has 0 bridgehead atoms. The third-order valence-electron chi connectivity index (χ3n) is 4.60. The van der Waals surface area contributed by atoms with Crippen molar-refractivity contribution in [3.8, 4) is 5.75 Å². The number of benzene rings is 1. The van der Waals surface area contributed by atoms with Gasteiger partial charge in [0.05, 0.1) is 19.3 Å². The van der Waals surface area contributed by atoms with Crippen molar-refractivity contribution in [1.29, 1.82) is 0 Å². The Labute approximate surface area is 121 Å². The summed E-state index contributed by atoms with van der Waals surface area (Å²) in [7, 11) is 1.78. The first kappa shape index (κ1) is 13.9. The molecule has 0 aromatic heterocycles. The van der Waals surface area contributed by atoms with E-state index in [2.05, 4.69) is 36.9 Å². The Hall–Kier alpha value is -1.06. The monoisotopic (exact) mass is 275 g/mol. The molecular weight excluding hydrogens is 250 g/mol. The van der Waals surface area contributed by atoms with E-state index >= 15 is 0 Å². The van der Waals surface area contributed by atoms with Gasteiger partial charge >= 0.3 is 0 Å². The van der Waals surface area contributed by atoms with Crippen molar-refractivity contribution in [2.45, 2.75) is 51.4 Å². The second kappa shape index (κ2) is 5.74. The molecule has 3 heteroatoms. The number of ether oxygens (including phenoxy) is 2. The van der Waals surface area contributed by atoms with Gasteiger partial charge in [-0.1, -0.05) is 12.1 Å². The Morgan fingerprint density at radius 3 is 2.65 bits per heavy atom. The van der Waals surface area contributed by atoms with Crippen LogP contribution in [-0.4, -0.2) is 43.3 Å². The molecular formula is C17H25NO2. The van der Waals surface area contributed by atoms with Crippen LogP contribution in [0, 0.1) is 0 Å². The lowest BCUT2D eigenvalue weighted by Crippen LogP contribution is -2.51. The molecule has 0 spiro atoms. The fourth-order valence-electron chi connectivity index (χ4n) is 3.76. The standard InChI is InChI=1S/C17H25NO2/c1-12-10-18(11-13(2)20-12)15-8-7-14-5-4-6-17(19-3)16(14)9-15/h4-6,12-13,15H,7-11H2,1-3H3/t12-,13-,15?/m0/s1. The van der Waals surface area contributed by atoms with Crippen molar-refractivity contribution in [2.24, 2.45) is 0 Å². The predicted molar refractivity (Wildman–Crippen MR) is 80.4 cm³/mol. The van der Waals surface area contributed by atoms with E-state index in [-0.39, 0.29) is 0 Å². The molecule has 1 aromatic carbocycles. The van der Waals surface area contributed by atoms with Crippen LogP contribution >= 0.6 is 0 Å². The molecule has 1 fully saturated rings. The topological polar surface area (TPSA) is 21.7 Å². The quantitative estimate of drug-likeness (QED) is 0.828. The van der Waals surface area contributed by atoms with Gasteiger partial charge in [0, 0.05) is 19.1 Å². The smallest absolute Gasteiger partial charge is 0.122 e. The summed E-state index contributed by atoms with van der Waals surface area (Å²) >= 11 is 0. The summed E-state index contributed by atoms with van der Waals surface area (Å²) in [5.74, 6) is 1.06. The van der Waals surface area contributed by atoms with E-state index in [0.29, 0.717) is 18.2 Å². The zero-order chi connectivity index (χ0) is 14.1. The maximum atomic E-state index is 5.86. The molecule has 3 atom stereocenters. The first-order chi connectivity index (χ1) is 9.67. The van der Waals surface area contributed by atoms with Crippen molar-refractivity contribution in [1.82, 2.24) is 4.90 Å². The van der Waals surface area contributed by atoms with Crippen LogP contribution in [0.5, 0.6) is 5.75 Å². The van der Waals surface area contributed by atoms with E-state index in [4.69, 9.17) is 9.47 Å². The molecule has 1 heterocycles. The number of fused-ring (bicyclic) bond motifs is 1. The van der Waals surface area contributed by atoms with Gasteiger partial charge in [-0.3, -0.25) is 4.90 Å². The number of hydrogen-bond donors (Lipinski definition) is 0. The van der Waals surface area contributed by atoms with Crippen LogP contribution in [0.2, 0.25) is 0 Å². The van der Waals surface area contributed by atoms with Gasteiger partial charge in [-0.2, -0.15) is 0 Å². The normalized spacial score (nSPS) is 30.9. The fourth-order valence-corrected chi connectivity index (χ4v) is 3.76. The van der Waals surface area contributed by atoms with Gasteiger partial charge in [0.25, 0.3) is 0 Å². The number of hydrogen-bond acceptors (Lipinski definition) is 3. The van der Waals surface area contributed by atoms with Gasteiger partial charge in [-0.05, 0) is 50.3 Å². The van der Waals surface area contributed by atoms with E-state index in [1.165, 1.54) is 17.5 Å². The Kier molecular flexibility index (Phi) is 3.99. The lowest BCUT2D eigenvalue weighted by atomic mass is 9.86. The Morgan fingerprint density at radius 1 is 1.20 bits per heavy atom. The molecule has 0 amide bonds. The first-order valence-electron chi connectivity index (χ1n) is 7.71. The van der Waals surface area contributed by atoms with Gasteiger partial charge in [0.15, 0.2) is 0 Å². The minimum atomic E-state index is 0.345.